The molecule has 0 saturated carbocycles. The Bertz CT molecular complexity index is 1160. The third-order valence-corrected chi connectivity index (χ3v) is 5.76. The maximum atomic E-state index is 13.4. The Labute approximate surface area is 220 Å². The molecule has 2 aromatic rings. The Kier molecular flexibility index (Phi) is 9.63. The highest BCUT2D eigenvalue weighted by Crippen LogP contribution is 2.37. The van der Waals surface area contributed by atoms with E-state index < -0.39 is 42.5 Å². The number of carbonyl (C=O) groups is 2. The van der Waals surface area contributed by atoms with Crippen LogP contribution in [0.5, 0.6) is 11.5 Å². The lowest BCUT2D eigenvalue weighted by Gasteiger charge is -2.32. The minimum atomic E-state index is -4.44. The van der Waals surface area contributed by atoms with Gasteiger partial charge in [0.25, 0.3) is 11.8 Å². The Hall–Kier alpha value is -3.02. The molecule has 0 spiro atoms. The average Bonchev–Trinajstić information content (AvgIpc) is 2.82. The lowest BCUT2D eigenvalue weighted by atomic mass is 9.96. The van der Waals surface area contributed by atoms with Crippen molar-refractivity contribution in [2.45, 2.75) is 31.2 Å². The van der Waals surface area contributed by atoms with E-state index in [0.29, 0.717) is 10.6 Å². The van der Waals surface area contributed by atoms with Crippen molar-refractivity contribution in [1.82, 2.24) is 16.0 Å². The van der Waals surface area contributed by atoms with Crippen LogP contribution in [0.4, 0.5) is 17.6 Å². The van der Waals surface area contributed by atoms with Crippen LogP contribution in [0.15, 0.2) is 48.7 Å². The topological polar surface area (TPSA) is 88.7 Å². The molecule has 0 radical (unpaired) electrons. The number of amides is 2. The van der Waals surface area contributed by atoms with Gasteiger partial charge in [0, 0.05) is 47.8 Å². The van der Waals surface area contributed by atoms with Gasteiger partial charge in [-0.05, 0) is 30.3 Å². The van der Waals surface area contributed by atoms with Crippen LogP contribution in [0.2, 0.25) is 10.0 Å². The fraction of sp³-hybridized carbons (Fsp3) is 0.333. The van der Waals surface area contributed by atoms with Crippen LogP contribution in [-0.2, 0) is 9.59 Å². The normalized spacial score (nSPS) is 16.8. The van der Waals surface area contributed by atoms with E-state index in [0.717, 1.165) is 6.07 Å². The van der Waals surface area contributed by atoms with Crippen LogP contribution in [-0.4, -0.2) is 43.8 Å². The molecule has 0 aromatic heterocycles. The maximum Gasteiger partial charge on any atom is 0.401 e. The molecule has 1 aliphatic rings. The Morgan fingerprint density at radius 2 is 1.92 bits per heavy atom. The monoisotopic (exact) mass is 563 g/mol. The number of rotatable bonds is 10. The zero-order valence-electron chi connectivity index (χ0n) is 19.3. The van der Waals surface area contributed by atoms with E-state index in [9.17, 15) is 27.2 Å². The first kappa shape index (κ1) is 28.5. The van der Waals surface area contributed by atoms with Crippen molar-refractivity contribution in [1.29, 1.82) is 0 Å². The van der Waals surface area contributed by atoms with E-state index in [1.165, 1.54) is 30.3 Å². The number of benzene rings is 2. The van der Waals surface area contributed by atoms with Crippen LogP contribution in [0, 0.1) is 5.82 Å². The number of hydrogen-bond donors (Lipinski definition) is 3. The van der Waals surface area contributed by atoms with E-state index in [-0.39, 0.29) is 48.2 Å². The first-order valence-corrected chi connectivity index (χ1v) is 11.8. The summed E-state index contributed by atoms with van der Waals surface area (Å²) in [5, 5.41) is 7.78. The Morgan fingerprint density at radius 3 is 2.62 bits per heavy atom. The number of fused-ring (bicyclic) bond motifs is 1. The number of nitrogens with one attached hydrogen (secondary N) is 3. The quantitative estimate of drug-likeness (QED) is 0.365. The van der Waals surface area contributed by atoms with E-state index in [1.807, 2.05) is 0 Å². The molecule has 0 unspecified atom stereocenters. The van der Waals surface area contributed by atoms with Gasteiger partial charge in [-0.2, -0.15) is 13.2 Å². The number of ether oxygens (including phenoxy) is 2. The summed E-state index contributed by atoms with van der Waals surface area (Å²) in [4.78, 5) is 24.7. The molecule has 0 bridgehead atoms. The average molecular weight is 564 g/mol. The Morgan fingerprint density at radius 1 is 1.16 bits per heavy atom. The number of alkyl halides is 3. The molecular weight excluding hydrogens is 541 g/mol. The van der Waals surface area contributed by atoms with Gasteiger partial charge in [-0.15, -0.1) is 0 Å². The fourth-order valence-electron chi connectivity index (χ4n) is 3.47. The van der Waals surface area contributed by atoms with Crippen molar-refractivity contribution in [2.75, 3.05) is 19.7 Å². The summed E-state index contributed by atoms with van der Waals surface area (Å²) in [5.74, 6) is -1.38. The van der Waals surface area contributed by atoms with Gasteiger partial charge in [-0.25, -0.2) is 4.39 Å². The van der Waals surface area contributed by atoms with Crippen LogP contribution in [0.25, 0.3) is 0 Å². The molecule has 37 heavy (non-hydrogen) atoms. The minimum absolute atomic E-state index is 0.0676. The SMILES string of the molecule is C=C(CCNC(=O)COc1ccc(Cl)c(F)c1)NC(=O)[C@@H]1C[C@H](NCC(F)(F)F)c2cc(Cl)ccc2O1. The lowest BCUT2D eigenvalue weighted by Crippen LogP contribution is -2.44. The molecule has 13 heteroatoms. The van der Waals surface area contributed by atoms with Crippen LogP contribution in [0.1, 0.15) is 24.4 Å². The first-order valence-electron chi connectivity index (χ1n) is 11.0. The summed E-state index contributed by atoms with van der Waals surface area (Å²) < 4.78 is 62.6. The number of hydrogen-bond acceptors (Lipinski definition) is 5. The molecule has 1 aliphatic heterocycles. The van der Waals surface area contributed by atoms with E-state index in [2.05, 4.69) is 22.5 Å². The maximum absolute atomic E-state index is 13.4. The zero-order valence-corrected chi connectivity index (χ0v) is 20.8. The molecule has 2 aromatic carbocycles. The molecule has 3 rings (SSSR count). The number of carbonyl (C=O) groups excluding carboxylic acids is 2. The van der Waals surface area contributed by atoms with E-state index in [4.69, 9.17) is 32.7 Å². The third kappa shape index (κ3) is 8.80. The van der Waals surface area contributed by atoms with Gasteiger partial charge in [0.05, 0.1) is 11.6 Å². The van der Waals surface area contributed by atoms with Crippen molar-refractivity contribution < 1.29 is 36.6 Å². The van der Waals surface area contributed by atoms with E-state index in [1.54, 1.807) is 0 Å². The van der Waals surface area contributed by atoms with Crippen molar-refractivity contribution >= 4 is 35.0 Å². The predicted molar refractivity (Wildman–Crippen MR) is 129 cm³/mol. The minimum Gasteiger partial charge on any atom is -0.484 e. The largest absolute Gasteiger partial charge is 0.484 e. The third-order valence-electron chi connectivity index (χ3n) is 5.22. The van der Waals surface area contributed by atoms with Crippen LogP contribution in [0.3, 0.4) is 0 Å². The van der Waals surface area contributed by atoms with Gasteiger partial charge in [0.15, 0.2) is 12.7 Å². The Balaban J connectivity index is 1.46. The first-order chi connectivity index (χ1) is 17.4. The summed E-state index contributed by atoms with van der Waals surface area (Å²) in [6.45, 7) is 2.23. The summed E-state index contributed by atoms with van der Waals surface area (Å²) in [7, 11) is 0. The standard InChI is InChI=1S/C24H23Cl2F4N3O4/c1-13(6-7-31-22(34)11-36-15-3-4-17(26)18(27)9-15)33-23(35)21-10-19(32-12-24(28,29)30)16-8-14(25)2-5-20(16)37-21/h2-5,8-9,19,21,32H,1,6-7,10-12H2,(H,31,34)(H,33,35)/t19-,21-/m0/s1. The summed E-state index contributed by atoms with van der Waals surface area (Å²) in [6.07, 6.45) is -5.42. The second-order valence-corrected chi connectivity index (χ2v) is 8.97. The van der Waals surface area contributed by atoms with Gasteiger partial charge in [0.1, 0.15) is 17.3 Å². The molecule has 0 saturated heterocycles. The molecule has 200 valence electrons. The van der Waals surface area contributed by atoms with Gasteiger partial charge >= 0.3 is 6.18 Å². The lowest BCUT2D eigenvalue weighted by molar-refractivity contribution is -0.130. The summed E-state index contributed by atoms with van der Waals surface area (Å²) >= 11 is 11.6. The molecule has 1 heterocycles. The molecule has 3 N–H and O–H groups in total. The highest BCUT2D eigenvalue weighted by Gasteiger charge is 2.36. The van der Waals surface area contributed by atoms with Crippen LogP contribution < -0.4 is 25.4 Å². The van der Waals surface area contributed by atoms with E-state index >= 15 is 0 Å². The van der Waals surface area contributed by atoms with Crippen molar-refractivity contribution in [3.05, 3.63) is 70.1 Å². The zero-order chi connectivity index (χ0) is 27.2. The molecule has 0 aliphatic carbocycles. The molecule has 7 nitrogen and oxygen atoms in total. The van der Waals surface area contributed by atoms with Crippen molar-refractivity contribution in [2.24, 2.45) is 0 Å². The van der Waals surface area contributed by atoms with Gasteiger partial charge in [-0.3, -0.25) is 9.59 Å². The number of halogens is 6. The highest BCUT2D eigenvalue weighted by atomic mass is 35.5. The van der Waals surface area contributed by atoms with Gasteiger partial charge < -0.3 is 25.4 Å². The summed E-state index contributed by atoms with van der Waals surface area (Å²) in [5.41, 5.74) is 0.683. The fourth-order valence-corrected chi connectivity index (χ4v) is 3.77. The predicted octanol–water partition coefficient (Wildman–Crippen LogP) is 4.69. The second kappa shape index (κ2) is 12.5. The van der Waals surface area contributed by atoms with Gasteiger partial charge in [0.2, 0.25) is 0 Å². The molecule has 0 fully saturated rings. The smallest absolute Gasteiger partial charge is 0.401 e. The molecule has 2 atom stereocenters. The molecule has 2 amide bonds. The van der Waals surface area contributed by atoms with Crippen LogP contribution >= 0.6 is 23.2 Å². The van der Waals surface area contributed by atoms with Gasteiger partial charge in [-0.1, -0.05) is 29.8 Å². The highest BCUT2D eigenvalue weighted by molar-refractivity contribution is 6.31. The second-order valence-electron chi connectivity index (χ2n) is 8.13. The summed E-state index contributed by atoms with van der Waals surface area (Å²) in [6, 6.07) is 7.45. The van der Waals surface area contributed by atoms with Crippen molar-refractivity contribution in [3.8, 4) is 11.5 Å². The van der Waals surface area contributed by atoms with Crippen molar-refractivity contribution in [3.63, 3.8) is 0 Å². The molecular formula is C24H23Cl2F4N3O4.